The van der Waals surface area contributed by atoms with Gasteiger partial charge in [0.25, 0.3) is 0 Å². The van der Waals surface area contributed by atoms with Gasteiger partial charge in [-0.2, -0.15) is 0 Å². The van der Waals surface area contributed by atoms with Crippen molar-refractivity contribution in [1.82, 2.24) is 4.90 Å². The van der Waals surface area contributed by atoms with Crippen LogP contribution in [0.2, 0.25) is 0 Å². The van der Waals surface area contributed by atoms with E-state index in [9.17, 15) is 4.79 Å². The van der Waals surface area contributed by atoms with E-state index in [4.69, 9.17) is 0 Å². The topological polar surface area (TPSA) is 20.3 Å². The molecule has 1 heterocycles. The lowest BCUT2D eigenvalue weighted by molar-refractivity contribution is -0.136. The average molecular weight is 167 g/mol. The van der Waals surface area contributed by atoms with Crippen LogP contribution in [0.5, 0.6) is 0 Å². The van der Waals surface area contributed by atoms with Gasteiger partial charge in [0, 0.05) is 24.9 Å². The second-order valence-corrected chi connectivity index (χ2v) is 4.48. The van der Waals surface area contributed by atoms with Gasteiger partial charge in [-0.25, -0.2) is 0 Å². The van der Waals surface area contributed by atoms with Crippen molar-refractivity contribution in [2.45, 2.75) is 19.8 Å². The van der Waals surface area contributed by atoms with Crippen molar-refractivity contribution < 1.29 is 4.79 Å². The number of rotatable bonds is 0. The molecular formula is C10H17NO. The lowest BCUT2D eigenvalue weighted by atomic mass is 9.71. The fourth-order valence-electron chi connectivity index (χ4n) is 2.63. The van der Waals surface area contributed by atoms with Gasteiger partial charge in [-0.15, -0.1) is 0 Å². The van der Waals surface area contributed by atoms with Crippen LogP contribution < -0.4 is 0 Å². The molecule has 3 atom stereocenters. The van der Waals surface area contributed by atoms with Gasteiger partial charge in [0.05, 0.1) is 0 Å². The minimum Gasteiger partial charge on any atom is -0.305 e. The van der Waals surface area contributed by atoms with Crippen LogP contribution in [-0.2, 0) is 4.79 Å². The van der Waals surface area contributed by atoms with Gasteiger partial charge in [-0.3, -0.25) is 4.79 Å². The second kappa shape index (κ2) is 2.84. The normalized spacial score (nSPS) is 43.2. The van der Waals surface area contributed by atoms with Crippen molar-refractivity contribution in [3.05, 3.63) is 0 Å². The van der Waals surface area contributed by atoms with E-state index in [-0.39, 0.29) is 0 Å². The molecule has 68 valence electrons. The summed E-state index contributed by atoms with van der Waals surface area (Å²) in [5, 5.41) is 0. The molecule has 2 nitrogen and oxygen atoms in total. The number of ketones is 1. The predicted molar refractivity (Wildman–Crippen MR) is 47.9 cm³/mol. The number of Topliss-reactive ketones (excluding diaryl/α,β-unsaturated/α-hetero) is 1. The minimum atomic E-state index is 0.350. The lowest BCUT2D eigenvalue weighted by Crippen LogP contribution is -2.50. The van der Waals surface area contributed by atoms with Gasteiger partial charge in [-0.1, -0.05) is 6.92 Å². The van der Waals surface area contributed by atoms with E-state index in [0.29, 0.717) is 23.5 Å². The quantitative estimate of drug-likeness (QED) is 0.539. The summed E-state index contributed by atoms with van der Waals surface area (Å²) in [6.45, 7) is 4.22. The Hall–Kier alpha value is -0.370. The van der Waals surface area contributed by atoms with Crippen molar-refractivity contribution in [3.8, 4) is 0 Å². The average Bonchev–Trinajstić information content (AvgIpc) is 2.01. The molecule has 3 unspecified atom stereocenters. The molecule has 0 amide bonds. The molecule has 1 saturated heterocycles. The molecule has 0 radical (unpaired) electrons. The van der Waals surface area contributed by atoms with Crippen molar-refractivity contribution in [2.75, 3.05) is 20.1 Å². The summed E-state index contributed by atoms with van der Waals surface area (Å²) in [6.07, 6.45) is 2.38. The fourth-order valence-corrected chi connectivity index (χ4v) is 2.63. The Morgan fingerprint density at radius 1 is 1.33 bits per heavy atom. The molecule has 0 aromatic heterocycles. The number of piperidine rings is 1. The van der Waals surface area contributed by atoms with Crippen molar-refractivity contribution in [1.29, 1.82) is 0 Å². The number of fused-ring (bicyclic) bond motifs is 2. The van der Waals surface area contributed by atoms with Crippen LogP contribution in [0.3, 0.4) is 0 Å². The van der Waals surface area contributed by atoms with Gasteiger partial charge < -0.3 is 4.90 Å². The third-order valence-electron chi connectivity index (χ3n) is 3.47. The molecular weight excluding hydrogens is 150 g/mol. The maximum atomic E-state index is 11.7. The van der Waals surface area contributed by atoms with Gasteiger partial charge in [0.15, 0.2) is 0 Å². The zero-order valence-corrected chi connectivity index (χ0v) is 7.92. The Bertz CT molecular complexity index is 202. The first-order valence-electron chi connectivity index (χ1n) is 4.90. The van der Waals surface area contributed by atoms with Crippen LogP contribution in [0.4, 0.5) is 0 Å². The Morgan fingerprint density at radius 3 is 2.83 bits per heavy atom. The number of hydrogen-bond acceptors (Lipinski definition) is 2. The number of nitrogens with zero attached hydrogens (tertiary/aromatic N) is 1. The van der Waals surface area contributed by atoms with Crippen LogP contribution in [0.15, 0.2) is 0 Å². The molecule has 2 aliphatic rings. The molecule has 0 N–H and O–H groups in total. The van der Waals surface area contributed by atoms with E-state index in [1.54, 1.807) is 0 Å². The van der Waals surface area contributed by atoms with Crippen LogP contribution in [-0.4, -0.2) is 30.8 Å². The highest BCUT2D eigenvalue weighted by Gasteiger charge is 2.40. The van der Waals surface area contributed by atoms with E-state index < -0.39 is 0 Å². The summed E-state index contributed by atoms with van der Waals surface area (Å²) >= 11 is 0. The molecule has 2 heteroatoms. The molecule has 12 heavy (non-hydrogen) atoms. The number of carbonyl (C=O) groups is 1. The predicted octanol–water partition coefficient (Wildman–Crippen LogP) is 1.16. The van der Waals surface area contributed by atoms with Crippen LogP contribution >= 0.6 is 0 Å². The third-order valence-corrected chi connectivity index (χ3v) is 3.47. The Kier molecular flexibility index (Phi) is 1.95. The highest BCUT2D eigenvalue weighted by molar-refractivity contribution is 5.85. The molecule has 1 saturated carbocycles. The first-order chi connectivity index (χ1) is 5.68. The number of carbonyl (C=O) groups excluding carboxylic acids is 1. The van der Waals surface area contributed by atoms with Gasteiger partial charge in [0.1, 0.15) is 5.78 Å². The molecule has 0 spiro atoms. The molecule has 1 aliphatic carbocycles. The molecule has 0 aromatic carbocycles. The summed E-state index contributed by atoms with van der Waals surface area (Å²) in [4.78, 5) is 14.0. The minimum absolute atomic E-state index is 0.350. The van der Waals surface area contributed by atoms with Gasteiger partial charge in [-0.05, 0) is 25.8 Å². The summed E-state index contributed by atoms with van der Waals surface area (Å²) < 4.78 is 0. The summed E-state index contributed by atoms with van der Waals surface area (Å²) in [5.74, 6) is 1.88. The van der Waals surface area contributed by atoms with Gasteiger partial charge in [0.2, 0.25) is 0 Å². The lowest BCUT2D eigenvalue weighted by Gasteiger charge is -2.41. The largest absolute Gasteiger partial charge is 0.305 e. The standard InChI is InChI=1S/C10H17NO/c1-7-3-4-8-5-11(2)6-9(7)10(8)12/h7-9H,3-6H2,1-2H3. The third kappa shape index (κ3) is 1.18. The smallest absolute Gasteiger partial charge is 0.141 e. The zero-order valence-electron chi connectivity index (χ0n) is 7.92. The van der Waals surface area contributed by atoms with Crippen molar-refractivity contribution in [3.63, 3.8) is 0 Å². The van der Waals surface area contributed by atoms with Gasteiger partial charge >= 0.3 is 0 Å². The highest BCUT2D eigenvalue weighted by atomic mass is 16.1. The molecule has 0 aromatic rings. The fraction of sp³-hybridized carbons (Fsp3) is 0.900. The Balaban J connectivity index is 2.17. The van der Waals surface area contributed by atoms with Crippen LogP contribution in [0.25, 0.3) is 0 Å². The van der Waals surface area contributed by atoms with E-state index >= 15 is 0 Å². The van der Waals surface area contributed by atoms with Crippen molar-refractivity contribution >= 4 is 5.78 Å². The molecule has 1 aliphatic heterocycles. The monoisotopic (exact) mass is 167 g/mol. The zero-order chi connectivity index (χ0) is 8.72. The highest BCUT2D eigenvalue weighted by Crippen LogP contribution is 2.34. The molecule has 2 rings (SSSR count). The summed E-state index contributed by atoms with van der Waals surface area (Å²) in [5.41, 5.74) is 0. The second-order valence-electron chi connectivity index (χ2n) is 4.48. The van der Waals surface area contributed by atoms with E-state index in [2.05, 4.69) is 18.9 Å². The van der Waals surface area contributed by atoms with E-state index in [0.717, 1.165) is 19.5 Å². The Morgan fingerprint density at radius 2 is 2.08 bits per heavy atom. The molecule has 2 fully saturated rings. The first kappa shape index (κ1) is 8.24. The van der Waals surface area contributed by atoms with Crippen LogP contribution in [0, 0.1) is 17.8 Å². The van der Waals surface area contributed by atoms with E-state index in [1.807, 2.05) is 0 Å². The van der Waals surface area contributed by atoms with E-state index in [1.165, 1.54) is 6.42 Å². The molecule has 2 bridgehead atoms. The maximum absolute atomic E-state index is 11.7. The maximum Gasteiger partial charge on any atom is 0.141 e. The van der Waals surface area contributed by atoms with Crippen molar-refractivity contribution in [2.24, 2.45) is 17.8 Å². The Labute approximate surface area is 73.9 Å². The van der Waals surface area contributed by atoms with Crippen LogP contribution in [0.1, 0.15) is 19.8 Å². The SMILES string of the molecule is CC1CCC2CN(C)CC1C2=O. The summed E-state index contributed by atoms with van der Waals surface area (Å²) in [7, 11) is 2.13. The summed E-state index contributed by atoms with van der Waals surface area (Å²) in [6, 6.07) is 0. The number of hydrogen-bond donors (Lipinski definition) is 0. The first-order valence-corrected chi connectivity index (χ1v) is 4.90. The number of likely N-dealkylation sites (tertiary alicyclic amines) is 1.